The maximum atomic E-state index is 4.42. The van der Waals surface area contributed by atoms with Crippen LogP contribution in [0.2, 0.25) is 0 Å². The molecule has 18 heavy (non-hydrogen) atoms. The Labute approximate surface area is 110 Å². The molecule has 0 saturated heterocycles. The van der Waals surface area contributed by atoms with Crippen LogP contribution < -0.4 is 4.48 Å². The lowest BCUT2D eigenvalue weighted by Gasteiger charge is -2.31. The summed E-state index contributed by atoms with van der Waals surface area (Å²) >= 11 is 0. The Morgan fingerprint density at radius 3 is 2.39 bits per heavy atom. The van der Waals surface area contributed by atoms with Gasteiger partial charge in [0, 0.05) is 17.8 Å². The van der Waals surface area contributed by atoms with E-state index in [0.29, 0.717) is 0 Å². The molecule has 0 bridgehead atoms. The molecule has 0 unspecified atom stereocenters. The molecule has 0 fully saturated rings. The molecule has 2 aromatic rings. The summed E-state index contributed by atoms with van der Waals surface area (Å²) in [5, 5.41) is 0. The third-order valence-electron chi connectivity index (χ3n) is 3.83. The number of hydrogen-bond acceptors (Lipinski definition) is 1. The first-order chi connectivity index (χ1) is 8.69. The Hall–Kier alpha value is -1.67. The highest BCUT2D eigenvalue weighted by molar-refractivity contribution is 5.64. The van der Waals surface area contributed by atoms with Crippen molar-refractivity contribution in [1.82, 2.24) is 9.47 Å². The van der Waals surface area contributed by atoms with Gasteiger partial charge in [-0.1, -0.05) is 18.2 Å². The van der Waals surface area contributed by atoms with Gasteiger partial charge in [-0.05, 0) is 32.0 Å². The number of pyridine rings is 1. The predicted octanol–water partition coefficient (Wildman–Crippen LogP) is 3.73. The standard InChI is InChI=1S/C16H21N2/c1-4-18(3,5-2)15-10-8-9-14(13-15)16-11-6-7-12-17-16/h6-13H,4-5H2,1-3H3/q+1. The fourth-order valence-electron chi connectivity index (χ4n) is 2.12. The van der Waals surface area contributed by atoms with Crippen LogP contribution in [0.3, 0.4) is 0 Å². The quantitative estimate of drug-likeness (QED) is 0.743. The minimum atomic E-state index is 0.959. The van der Waals surface area contributed by atoms with Gasteiger partial charge >= 0.3 is 0 Å². The number of nitrogens with zero attached hydrogens (tertiary/aromatic N) is 2. The maximum Gasteiger partial charge on any atom is 0.133 e. The van der Waals surface area contributed by atoms with Gasteiger partial charge in [0.1, 0.15) is 5.69 Å². The molecule has 0 amide bonds. The molecule has 2 nitrogen and oxygen atoms in total. The van der Waals surface area contributed by atoms with E-state index in [4.69, 9.17) is 0 Å². The van der Waals surface area contributed by atoms with Crippen molar-refractivity contribution in [3.63, 3.8) is 0 Å². The Kier molecular flexibility index (Phi) is 3.78. The van der Waals surface area contributed by atoms with Crippen molar-refractivity contribution in [2.24, 2.45) is 0 Å². The maximum absolute atomic E-state index is 4.42. The molecule has 1 aromatic heterocycles. The highest BCUT2D eigenvalue weighted by Gasteiger charge is 2.20. The number of quaternary nitrogens is 1. The second-order valence-electron chi connectivity index (χ2n) is 4.79. The van der Waals surface area contributed by atoms with Crippen LogP contribution in [0.25, 0.3) is 11.3 Å². The average Bonchev–Trinajstić information content (AvgIpc) is 2.47. The first kappa shape index (κ1) is 12.8. The summed E-state index contributed by atoms with van der Waals surface area (Å²) in [5.41, 5.74) is 3.58. The Balaban J connectivity index is 2.43. The Morgan fingerprint density at radius 2 is 1.78 bits per heavy atom. The zero-order chi connectivity index (χ0) is 13.0. The van der Waals surface area contributed by atoms with Gasteiger partial charge < -0.3 is 0 Å². The summed E-state index contributed by atoms with van der Waals surface area (Å²) in [5.74, 6) is 0. The summed E-state index contributed by atoms with van der Waals surface area (Å²) in [6.45, 7) is 6.66. The van der Waals surface area contributed by atoms with Crippen LogP contribution in [-0.2, 0) is 0 Å². The first-order valence-corrected chi connectivity index (χ1v) is 6.56. The smallest absolute Gasteiger partial charge is 0.133 e. The van der Waals surface area contributed by atoms with E-state index in [2.05, 4.69) is 56.2 Å². The minimum absolute atomic E-state index is 0.959. The van der Waals surface area contributed by atoms with Crippen molar-refractivity contribution in [2.45, 2.75) is 13.8 Å². The second-order valence-corrected chi connectivity index (χ2v) is 4.79. The molecule has 0 spiro atoms. The largest absolute Gasteiger partial charge is 0.294 e. The summed E-state index contributed by atoms with van der Waals surface area (Å²) < 4.78 is 0.959. The van der Waals surface area contributed by atoms with E-state index in [0.717, 1.165) is 23.3 Å². The molecule has 2 heteroatoms. The average molecular weight is 241 g/mol. The summed E-state index contributed by atoms with van der Waals surface area (Å²) in [7, 11) is 2.28. The molecule has 0 saturated carbocycles. The Morgan fingerprint density at radius 1 is 1.00 bits per heavy atom. The van der Waals surface area contributed by atoms with Crippen LogP contribution >= 0.6 is 0 Å². The zero-order valence-electron chi connectivity index (χ0n) is 11.4. The third kappa shape index (κ3) is 2.44. The molecular formula is C16H21N2+. The molecule has 0 aliphatic carbocycles. The summed E-state index contributed by atoms with van der Waals surface area (Å²) in [4.78, 5) is 4.42. The van der Waals surface area contributed by atoms with Crippen molar-refractivity contribution in [2.75, 3.05) is 20.1 Å². The predicted molar refractivity (Wildman–Crippen MR) is 78.5 cm³/mol. The summed E-state index contributed by atoms with van der Waals surface area (Å²) in [6.07, 6.45) is 1.84. The van der Waals surface area contributed by atoms with Gasteiger partial charge in [-0.15, -0.1) is 0 Å². The van der Waals surface area contributed by atoms with Gasteiger partial charge in [-0.25, -0.2) is 0 Å². The molecule has 0 atom stereocenters. The van der Waals surface area contributed by atoms with E-state index in [9.17, 15) is 0 Å². The van der Waals surface area contributed by atoms with Crippen molar-refractivity contribution in [3.05, 3.63) is 48.7 Å². The lowest BCUT2D eigenvalue weighted by molar-refractivity contribution is 0.365. The summed E-state index contributed by atoms with van der Waals surface area (Å²) in [6, 6.07) is 14.8. The molecule has 1 aromatic carbocycles. The van der Waals surface area contributed by atoms with E-state index >= 15 is 0 Å². The van der Waals surface area contributed by atoms with E-state index in [1.165, 1.54) is 11.3 Å². The van der Waals surface area contributed by atoms with Crippen LogP contribution in [0.5, 0.6) is 0 Å². The van der Waals surface area contributed by atoms with Crippen LogP contribution in [0.15, 0.2) is 48.7 Å². The molecule has 1 heterocycles. The van der Waals surface area contributed by atoms with E-state index in [1.54, 1.807) is 0 Å². The van der Waals surface area contributed by atoms with Crippen LogP contribution in [0.4, 0.5) is 5.69 Å². The lowest BCUT2D eigenvalue weighted by atomic mass is 10.1. The van der Waals surface area contributed by atoms with Crippen LogP contribution in [-0.4, -0.2) is 25.1 Å². The van der Waals surface area contributed by atoms with Crippen LogP contribution in [0.1, 0.15) is 13.8 Å². The molecule has 0 radical (unpaired) electrons. The topological polar surface area (TPSA) is 12.9 Å². The fraction of sp³-hybridized carbons (Fsp3) is 0.312. The third-order valence-corrected chi connectivity index (χ3v) is 3.83. The van der Waals surface area contributed by atoms with Crippen molar-refractivity contribution < 1.29 is 0 Å². The zero-order valence-corrected chi connectivity index (χ0v) is 11.4. The van der Waals surface area contributed by atoms with Gasteiger partial charge in [0.25, 0.3) is 0 Å². The van der Waals surface area contributed by atoms with Gasteiger partial charge in [0.2, 0.25) is 0 Å². The molecule has 0 aliphatic rings. The highest BCUT2D eigenvalue weighted by Crippen LogP contribution is 2.26. The van der Waals surface area contributed by atoms with Gasteiger partial charge in [-0.3, -0.25) is 9.47 Å². The van der Waals surface area contributed by atoms with Gasteiger partial charge in [0.05, 0.1) is 25.8 Å². The number of aromatic nitrogens is 1. The fourth-order valence-corrected chi connectivity index (χ4v) is 2.12. The highest BCUT2D eigenvalue weighted by atomic mass is 15.3. The van der Waals surface area contributed by atoms with Crippen molar-refractivity contribution >= 4 is 5.69 Å². The van der Waals surface area contributed by atoms with E-state index in [1.807, 2.05) is 18.3 Å². The molecular weight excluding hydrogens is 220 g/mol. The SMILES string of the molecule is CC[N+](C)(CC)c1cccc(-c2ccccn2)c1. The van der Waals surface area contributed by atoms with Crippen molar-refractivity contribution in [1.29, 1.82) is 0 Å². The van der Waals surface area contributed by atoms with E-state index in [-0.39, 0.29) is 0 Å². The molecule has 0 aliphatic heterocycles. The molecule has 0 N–H and O–H groups in total. The first-order valence-electron chi connectivity index (χ1n) is 6.56. The molecule has 2 rings (SSSR count). The van der Waals surface area contributed by atoms with E-state index < -0.39 is 0 Å². The normalized spacial score (nSPS) is 11.5. The minimum Gasteiger partial charge on any atom is -0.294 e. The number of rotatable bonds is 4. The Bertz CT molecular complexity index is 502. The lowest BCUT2D eigenvalue weighted by Crippen LogP contribution is -2.44. The second kappa shape index (κ2) is 5.32. The molecule has 94 valence electrons. The van der Waals surface area contributed by atoms with Crippen LogP contribution in [0, 0.1) is 0 Å². The number of hydrogen-bond donors (Lipinski definition) is 0. The van der Waals surface area contributed by atoms with Crippen molar-refractivity contribution in [3.8, 4) is 11.3 Å². The monoisotopic (exact) mass is 241 g/mol. The number of benzene rings is 1. The van der Waals surface area contributed by atoms with Gasteiger partial charge in [0.15, 0.2) is 0 Å². The van der Waals surface area contributed by atoms with Gasteiger partial charge in [-0.2, -0.15) is 0 Å².